The quantitative estimate of drug-likeness (QED) is 0.268. The zero-order valence-electron chi connectivity index (χ0n) is 28.0. The molecule has 50 heavy (non-hydrogen) atoms. The van der Waals surface area contributed by atoms with Gasteiger partial charge in [0, 0.05) is 31.7 Å². The Hall–Kier alpha value is -5.70. The van der Waals surface area contributed by atoms with E-state index in [4.69, 9.17) is 4.74 Å². The molecule has 9 nitrogen and oxygen atoms in total. The number of fused-ring (bicyclic) bond motifs is 5. The normalized spacial score (nSPS) is 19.6. The highest BCUT2D eigenvalue weighted by Gasteiger charge is 2.40. The van der Waals surface area contributed by atoms with Crippen molar-refractivity contribution in [3.05, 3.63) is 126 Å². The topological polar surface area (TPSA) is 108 Å². The number of carbonyl (C=O) groups is 4. The number of hydrogen-bond acceptors (Lipinski definition) is 5. The largest absolute Gasteiger partial charge is 0.491 e. The number of hydrogen-bond donors (Lipinski definition) is 2. The lowest BCUT2D eigenvalue weighted by Crippen LogP contribution is -2.52. The zero-order chi connectivity index (χ0) is 34.6. The van der Waals surface area contributed by atoms with Crippen LogP contribution in [-0.2, 0) is 27.2 Å². The van der Waals surface area contributed by atoms with Crippen molar-refractivity contribution in [3.8, 4) is 5.75 Å². The summed E-state index contributed by atoms with van der Waals surface area (Å²) < 4.78 is 6.17. The van der Waals surface area contributed by atoms with Crippen LogP contribution in [0.25, 0.3) is 21.5 Å². The van der Waals surface area contributed by atoms with Gasteiger partial charge in [-0.25, -0.2) is 0 Å². The third-order valence-corrected chi connectivity index (χ3v) is 9.73. The first-order chi connectivity index (χ1) is 24.3. The molecular formula is C41H40N4O5. The van der Waals surface area contributed by atoms with Crippen LogP contribution in [0.1, 0.15) is 34.3 Å². The van der Waals surface area contributed by atoms with Crippen molar-refractivity contribution >= 4 is 45.2 Å². The summed E-state index contributed by atoms with van der Waals surface area (Å²) in [5.41, 5.74) is 2.26. The van der Waals surface area contributed by atoms with Crippen LogP contribution in [0.15, 0.2) is 109 Å². The van der Waals surface area contributed by atoms with Gasteiger partial charge in [-0.05, 0) is 63.7 Å². The van der Waals surface area contributed by atoms with Gasteiger partial charge in [-0.3, -0.25) is 19.2 Å². The maximum Gasteiger partial charge on any atom is 0.253 e. The van der Waals surface area contributed by atoms with Crippen LogP contribution < -0.4 is 15.4 Å². The SMILES string of the molecule is CN1CC[C@H](NC(=O)Cc2cccc3ccccc23)C(=O)N2C[C@@H](NC(=O)Cc3ccc4ccccc4c3)C[C@H]2COc2cccc(c2)C1=O. The second kappa shape index (κ2) is 14.4. The van der Waals surface area contributed by atoms with E-state index in [-0.39, 0.29) is 74.7 Å². The summed E-state index contributed by atoms with van der Waals surface area (Å²) in [7, 11) is 1.69. The molecule has 254 valence electrons. The molecule has 1 saturated heterocycles. The maximum absolute atomic E-state index is 14.4. The first kappa shape index (κ1) is 32.8. The lowest BCUT2D eigenvalue weighted by atomic mass is 10.0. The molecule has 4 amide bonds. The summed E-state index contributed by atoms with van der Waals surface area (Å²) in [5.74, 6) is -0.335. The van der Waals surface area contributed by atoms with E-state index in [2.05, 4.69) is 10.6 Å². The Bertz CT molecular complexity index is 2070. The highest BCUT2D eigenvalue weighted by Crippen LogP contribution is 2.25. The average molecular weight is 669 g/mol. The van der Waals surface area contributed by atoms with Crippen LogP contribution in [0.2, 0.25) is 0 Å². The molecule has 0 unspecified atom stereocenters. The summed E-state index contributed by atoms with van der Waals surface area (Å²) >= 11 is 0. The van der Waals surface area contributed by atoms with Crippen molar-refractivity contribution in [3.63, 3.8) is 0 Å². The number of rotatable bonds is 6. The second-order valence-corrected chi connectivity index (χ2v) is 13.3. The fourth-order valence-electron chi connectivity index (χ4n) is 7.14. The molecule has 2 aliphatic rings. The van der Waals surface area contributed by atoms with Crippen LogP contribution in [0.5, 0.6) is 5.75 Å². The minimum atomic E-state index is -0.883. The number of amides is 4. The van der Waals surface area contributed by atoms with Gasteiger partial charge in [0.15, 0.2) is 0 Å². The van der Waals surface area contributed by atoms with E-state index in [1.807, 2.05) is 84.9 Å². The van der Waals surface area contributed by atoms with Gasteiger partial charge in [-0.2, -0.15) is 0 Å². The highest BCUT2D eigenvalue weighted by molar-refractivity contribution is 5.95. The lowest BCUT2D eigenvalue weighted by molar-refractivity contribution is -0.138. The Kier molecular flexibility index (Phi) is 9.47. The molecule has 2 heterocycles. The van der Waals surface area contributed by atoms with Gasteiger partial charge >= 0.3 is 0 Å². The van der Waals surface area contributed by atoms with Crippen LogP contribution in [0.3, 0.4) is 0 Å². The molecular weight excluding hydrogens is 628 g/mol. The van der Waals surface area contributed by atoms with Crippen molar-refractivity contribution in [2.45, 2.75) is 43.8 Å². The summed E-state index contributed by atoms with van der Waals surface area (Å²) in [4.78, 5) is 57.8. The summed E-state index contributed by atoms with van der Waals surface area (Å²) in [6, 6.07) is 33.3. The van der Waals surface area contributed by atoms with Gasteiger partial charge in [0.2, 0.25) is 17.7 Å². The molecule has 2 bridgehead atoms. The van der Waals surface area contributed by atoms with Crippen molar-refractivity contribution in [1.29, 1.82) is 0 Å². The Balaban J connectivity index is 1.10. The Labute approximate surface area is 291 Å². The van der Waals surface area contributed by atoms with E-state index < -0.39 is 6.04 Å². The van der Waals surface area contributed by atoms with Gasteiger partial charge in [0.25, 0.3) is 5.91 Å². The van der Waals surface area contributed by atoms with Gasteiger partial charge in [0.05, 0.1) is 18.9 Å². The molecule has 0 aliphatic carbocycles. The number of carbonyl (C=O) groups excluding carboxylic acids is 4. The average Bonchev–Trinajstić information content (AvgIpc) is 3.53. The molecule has 3 atom stereocenters. The monoisotopic (exact) mass is 668 g/mol. The zero-order valence-corrected chi connectivity index (χ0v) is 28.0. The van der Waals surface area contributed by atoms with Crippen molar-refractivity contribution in [1.82, 2.24) is 20.4 Å². The van der Waals surface area contributed by atoms with Gasteiger partial charge < -0.3 is 25.2 Å². The third-order valence-electron chi connectivity index (χ3n) is 9.73. The van der Waals surface area contributed by atoms with E-state index in [0.29, 0.717) is 17.7 Å². The maximum atomic E-state index is 14.4. The minimum Gasteiger partial charge on any atom is -0.491 e. The Morgan fingerprint density at radius 2 is 1.52 bits per heavy atom. The predicted octanol–water partition coefficient (Wildman–Crippen LogP) is 4.90. The molecule has 2 N–H and O–H groups in total. The van der Waals surface area contributed by atoms with E-state index in [9.17, 15) is 19.2 Å². The molecule has 1 fully saturated rings. The molecule has 9 heteroatoms. The first-order valence-electron chi connectivity index (χ1n) is 17.1. The molecule has 0 spiro atoms. The van der Waals surface area contributed by atoms with Crippen LogP contribution in [0.4, 0.5) is 0 Å². The van der Waals surface area contributed by atoms with E-state index in [1.54, 1.807) is 41.1 Å². The van der Waals surface area contributed by atoms with Crippen LogP contribution in [-0.4, -0.2) is 78.3 Å². The number of nitrogens with one attached hydrogen (secondary N) is 2. The molecule has 5 aromatic rings. The fraction of sp³-hybridized carbons (Fsp3) is 0.268. The van der Waals surface area contributed by atoms with Crippen LogP contribution >= 0.6 is 0 Å². The lowest BCUT2D eigenvalue weighted by Gasteiger charge is -2.30. The second-order valence-electron chi connectivity index (χ2n) is 13.3. The first-order valence-corrected chi connectivity index (χ1v) is 17.1. The van der Waals surface area contributed by atoms with Crippen molar-refractivity contribution < 1.29 is 23.9 Å². The summed E-state index contributed by atoms with van der Waals surface area (Å²) in [6.07, 6.45) is 1.04. The minimum absolute atomic E-state index is 0.103. The van der Waals surface area contributed by atoms with Gasteiger partial charge in [-0.15, -0.1) is 0 Å². The molecule has 5 aromatic carbocycles. The Morgan fingerprint density at radius 1 is 0.780 bits per heavy atom. The molecule has 0 aromatic heterocycles. The van der Waals surface area contributed by atoms with Gasteiger partial charge in [-0.1, -0.05) is 91.0 Å². The summed E-state index contributed by atoms with van der Waals surface area (Å²) in [5, 5.41) is 10.4. The Morgan fingerprint density at radius 3 is 2.38 bits per heavy atom. The number of ether oxygens (including phenoxy) is 1. The van der Waals surface area contributed by atoms with Crippen molar-refractivity contribution in [2.75, 3.05) is 26.7 Å². The van der Waals surface area contributed by atoms with Crippen molar-refractivity contribution in [2.24, 2.45) is 0 Å². The predicted molar refractivity (Wildman–Crippen MR) is 193 cm³/mol. The smallest absolute Gasteiger partial charge is 0.253 e. The van der Waals surface area contributed by atoms with E-state index >= 15 is 0 Å². The third kappa shape index (κ3) is 7.32. The fourth-order valence-corrected chi connectivity index (χ4v) is 7.14. The van der Waals surface area contributed by atoms with Gasteiger partial charge in [0.1, 0.15) is 18.4 Å². The molecule has 7 rings (SSSR count). The molecule has 0 saturated carbocycles. The summed E-state index contributed by atoms with van der Waals surface area (Å²) in [6.45, 7) is 0.701. The standard InChI is InChI=1S/C41H40N4O5/c1-44-19-18-37(43-39(47)23-31-12-6-11-29-9-4-5-15-36(29)31)41(49)45-25-33(24-34(45)26-50-35-14-7-13-32(22-35)40(44)48)42-38(46)21-27-16-17-28-8-2-3-10-30(28)20-27/h2-17,20,22,33-34,37H,18-19,21,23-26H2,1H3,(H,42,46)(H,43,47)/t33-,34-,37-/m0/s1. The molecule has 2 aliphatic heterocycles. The molecule has 0 radical (unpaired) electrons. The van der Waals surface area contributed by atoms with Crippen LogP contribution in [0, 0.1) is 0 Å². The number of nitrogens with zero attached hydrogens (tertiary/aromatic N) is 2. The van der Waals surface area contributed by atoms with E-state index in [0.717, 1.165) is 32.7 Å². The number of benzene rings is 5. The van der Waals surface area contributed by atoms with E-state index in [1.165, 1.54) is 0 Å². The highest BCUT2D eigenvalue weighted by atomic mass is 16.5.